The zero-order chi connectivity index (χ0) is 21.3. The minimum absolute atomic E-state index is 0.125. The average molecular weight is 456 g/mol. The van der Waals surface area contributed by atoms with E-state index in [4.69, 9.17) is 0 Å². The summed E-state index contributed by atoms with van der Waals surface area (Å²) in [6.45, 7) is 13.6. The first kappa shape index (κ1) is 21.6. The predicted octanol–water partition coefficient (Wildman–Crippen LogP) is 6.02. The Kier molecular flexibility index (Phi) is 6.18. The lowest BCUT2D eigenvalue weighted by Crippen LogP contribution is -2.51. The minimum Gasteiger partial charge on any atom is -0.364 e. The molecule has 0 fully saturated rings. The quantitative estimate of drug-likeness (QED) is 0.452. The third-order valence-electron chi connectivity index (χ3n) is 5.67. The van der Waals surface area contributed by atoms with Gasteiger partial charge in [0.15, 0.2) is 0 Å². The van der Waals surface area contributed by atoms with Gasteiger partial charge in [-0.3, -0.25) is 4.79 Å². The zero-order valence-corrected chi connectivity index (χ0v) is 19.7. The van der Waals surface area contributed by atoms with E-state index in [0.717, 1.165) is 22.0 Å². The van der Waals surface area contributed by atoms with Gasteiger partial charge in [-0.1, -0.05) is 19.1 Å². The van der Waals surface area contributed by atoms with Crippen LogP contribution in [0.15, 0.2) is 46.0 Å². The second-order valence-corrected chi connectivity index (χ2v) is 9.68. The van der Waals surface area contributed by atoms with Crippen LogP contribution in [0.5, 0.6) is 0 Å². The van der Waals surface area contributed by atoms with E-state index >= 15 is 0 Å². The maximum atomic E-state index is 12.4. The highest BCUT2D eigenvalue weighted by Gasteiger charge is 2.37. The van der Waals surface area contributed by atoms with Crippen LogP contribution in [0.1, 0.15) is 74.0 Å². The molecule has 0 saturated carbocycles. The molecule has 4 nitrogen and oxygen atoms in total. The first-order valence-corrected chi connectivity index (χ1v) is 10.9. The van der Waals surface area contributed by atoms with Gasteiger partial charge in [-0.2, -0.15) is 5.10 Å². The van der Waals surface area contributed by atoms with Crippen LogP contribution in [0.3, 0.4) is 0 Å². The Morgan fingerprint density at radius 3 is 2.66 bits per heavy atom. The van der Waals surface area contributed by atoms with Gasteiger partial charge in [-0.15, -0.1) is 0 Å². The molecule has 29 heavy (non-hydrogen) atoms. The number of halogens is 1. The van der Waals surface area contributed by atoms with E-state index in [0.29, 0.717) is 17.5 Å². The van der Waals surface area contributed by atoms with Gasteiger partial charge in [0, 0.05) is 21.7 Å². The number of aryl methyl sites for hydroxylation is 1. The second-order valence-electron chi connectivity index (χ2n) is 8.83. The molecule has 2 aromatic rings. The number of nitrogens with zero attached hydrogens (tertiary/aromatic N) is 2. The van der Waals surface area contributed by atoms with Crippen LogP contribution in [0, 0.1) is 6.92 Å². The van der Waals surface area contributed by atoms with E-state index in [9.17, 15) is 4.79 Å². The fraction of sp³-hybridized carbons (Fsp3) is 0.417. The fourth-order valence-corrected chi connectivity index (χ4v) is 5.06. The Bertz CT molecular complexity index is 949. The van der Waals surface area contributed by atoms with Crippen molar-refractivity contribution in [3.63, 3.8) is 0 Å². The second kappa shape index (κ2) is 8.31. The van der Waals surface area contributed by atoms with Crippen molar-refractivity contribution >= 4 is 33.7 Å². The lowest BCUT2D eigenvalue weighted by molar-refractivity contribution is 0.0954. The number of fused-ring (bicyclic) bond motifs is 1. The van der Waals surface area contributed by atoms with Crippen molar-refractivity contribution < 1.29 is 4.79 Å². The van der Waals surface area contributed by atoms with E-state index in [-0.39, 0.29) is 11.4 Å². The van der Waals surface area contributed by atoms with Gasteiger partial charge in [-0.05, 0) is 104 Å². The van der Waals surface area contributed by atoms with E-state index in [1.807, 2.05) is 18.2 Å². The van der Waals surface area contributed by atoms with Crippen LogP contribution in [0.4, 0.5) is 5.69 Å². The van der Waals surface area contributed by atoms with Gasteiger partial charge in [-0.25, -0.2) is 5.43 Å². The first-order chi connectivity index (χ1) is 13.6. The Morgan fingerprint density at radius 2 is 2.00 bits per heavy atom. The summed E-state index contributed by atoms with van der Waals surface area (Å²) in [7, 11) is 0. The largest absolute Gasteiger partial charge is 0.364 e. The van der Waals surface area contributed by atoms with E-state index in [2.05, 4.69) is 85.0 Å². The number of hydrogen-bond acceptors (Lipinski definition) is 3. The Balaban J connectivity index is 1.87. The Morgan fingerprint density at radius 1 is 1.31 bits per heavy atom. The number of carbonyl (C=O) groups is 1. The van der Waals surface area contributed by atoms with E-state index in [1.165, 1.54) is 11.3 Å². The molecule has 1 N–H and O–H groups in total. The average Bonchev–Trinajstić information content (AvgIpc) is 2.61. The summed E-state index contributed by atoms with van der Waals surface area (Å²) in [6.07, 6.45) is 2.85. The summed E-state index contributed by atoms with van der Waals surface area (Å²) in [4.78, 5) is 14.9. The van der Waals surface area contributed by atoms with Gasteiger partial charge < -0.3 is 4.90 Å². The van der Waals surface area contributed by atoms with Crippen molar-refractivity contribution in [2.45, 2.75) is 65.5 Å². The summed E-state index contributed by atoms with van der Waals surface area (Å²) in [5.74, 6) is 0.239. The van der Waals surface area contributed by atoms with Crippen molar-refractivity contribution in [3.8, 4) is 0 Å². The highest BCUT2D eigenvalue weighted by molar-refractivity contribution is 9.10. The molecule has 1 unspecified atom stereocenters. The summed E-state index contributed by atoms with van der Waals surface area (Å²) in [5.41, 5.74) is 8.18. The van der Waals surface area contributed by atoms with Gasteiger partial charge in [0.05, 0.1) is 11.8 Å². The minimum atomic E-state index is -0.231. The molecular weight excluding hydrogens is 426 g/mol. The molecule has 1 aliphatic heterocycles. The van der Waals surface area contributed by atoms with Crippen LogP contribution >= 0.6 is 15.9 Å². The molecule has 154 valence electrons. The maximum Gasteiger partial charge on any atom is 0.272 e. The lowest BCUT2D eigenvalue weighted by Gasteiger charge is -2.50. The molecule has 0 spiro atoms. The van der Waals surface area contributed by atoms with E-state index in [1.54, 1.807) is 12.3 Å². The number of rotatable bonds is 4. The molecule has 1 aliphatic rings. The Hall–Kier alpha value is -2.14. The lowest BCUT2D eigenvalue weighted by atomic mass is 9.78. The topological polar surface area (TPSA) is 44.7 Å². The monoisotopic (exact) mass is 455 g/mol. The standard InChI is InChI=1S/C24H30BrN3O/c1-15(2)28-22-11-16(3)18(12-20(22)17(4)13-24(28,5)6)14-26-27-23(29)19-9-7-8-10-21(19)25/h7-12,14-15,17H,13H2,1-6H3,(H,27,29)/b26-14+. The molecule has 0 aromatic heterocycles. The highest BCUT2D eigenvalue weighted by Crippen LogP contribution is 2.45. The Labute approximate surface area is 182 Å². The van der Waals surface area contributed by atoms with Crippen LogP contribution in [-0.4, -0.2) is 23.7 Å². The van der Waals surface area contributed by atoms with Gasteiger partial charge >= 0.3 is 0 Å². The summed E-state index contributed by atoms with van der Waals surface area (Å²) >= 11 is 3.40. The number of hydrazone groups is 1. The van der Waals surface area contributed by atoms with Crippen molar-refractivity contribution in [3.05, 3.63) is 63.1 Å². The summed E-state index contributed by atoms with van der Waals surface area (Å²) in [6, 6.07) is 12.2. The highest BCUT2D eigenvalue weighted by atomic mass is 79.9. The number of nitrogens with one attached hydrogen (secondary N) is 1. The molecule has 1 atom stereocenters. The number of hydrogen-bond donors (Lipinski definition) is 1. The van der Waals surface area contributed by atoms with Crippen molar-refractivity contribution in [2.75, 3.05) is 4.90 Å². The normalized spacial score (nSPS) is 18.2. The predicted molar refractivity (Wildman–Crippen MR) is 125 cm³/mol. The molecule has 1 heterocycles. The molecule has 0 aliphatic carbocycles. The summed E-state index contributed by atoms with van der Waals surface area (Å²) in [5, 5.41) is 4.22. The van der Waals surface area contributed by atoms with Crippen LogP contribution in [0.25, 0.3) is 0 Å². The van der Waals surface area contributed by atoms with Crippen molar-refractivity contribution in [2.24, 2.45) is 5.10 Å². The van der Waals surface area contributed by atoms with Crippen LogP contribution in [0.2, 0.25) is 0 Å². The third kappa shape index (κ3) is 4.40. The molecule has 1 amide bonds. The maximum absolute atomic E-state index is 12.4. The van der Waals surface area contributed by atoms with Gasteiger partial charge in [0.2, 0.25) is 0 Å². The van der Waals surface area contributed by atoms with E-state index < -0.39 is 0 Å². The SMILES string of the molecule is Cc1cc2c(cc1/C=N/NC(=O)c1ccccc1Br)C(C)CC(C)(C)N2C(C)C. The van der Waals surface area contributed by atoms with Gasteiger partial charge in [0.1, 0.15) is 0 Å². The molecule has 5 heteroatoms. The molecule has 0 radical (unpaired) electrons. The number of carbonyl (C=O) groups excluding carboxylic acids is 1. The van der Waals surface area contributed by atoms with Crippen LogP contribution in [-0.2, 0) is 0 Å². The number of benzene rings is 2. The van der Waals surface area contributed by atoms with Crippen molar-refractivity contribution in [1.82, 2.24) is 5.43 Å². The molecule has 3 rings (SSSR count). The van der Waals surface area contributed by atoms with Crippen LogP contribution < -0.4 is 10.3 Å². The molecule has 0 bridgehead atoms. The summed E-state index contributed by atoms with van der Waals surface area (Å²) < 4.78 is 0.753. The molecule has 2 aromatic carbocycles. The smallest absolute Gasteiger partial charge is 0.272 e. The van der Waals surface area contributed by atoms with Gasteiger partial charge in [0.25, 0.3) is 5.91 Å². The number of anilines is 1. The molecule has 0 saturated heterocycles. The molecular formula is C24H30BrN3O. The number of amides is 1. The first-order valence-electron chi connectivity index (χ1n) is 10.1. The van der Waals surface area contributed by atoms with Crippen molar-refractivity contribution in [1.29, 1.82) is 0 Å². The third-order valence-corrected chi connectivity index (χ3v) is 6.36. The fourth-order valence-electron chi connectivity index (χ4n) is 4.60. The zero-order valence-electron chi connectivity index (χ0n) is 18.1.